The molecule has 0 saturated carbocycles. The van der Waals surface area contributed by atoms with Crippen molar-refractivity contribution in [3.05, 3.63) is 18.3 Å². The molecule has 0 fully saturated rings. The fourth-order valence-corrected chi connectivity index (χ4v) is 1.77. The second kappa shape index (κ2) is 5.74. The predicted octanol–water partition coefficient (Wildman–Crippen LogP) is 2.12. The molecular formula is C8H8BrF3N2O3S. The molecule has 1 heterocycles. The number of pyridine rings is 1. The maximum Gasteiger partial charge on any atom is 0.422 e. The molecule has 1 rings (SSSR count). The van der Waals surface area contributed by atoms with Gasteiger partial charge in [0.1, 0.15) is 4.66 Å². The van der Waals surface area contributed by atoms with Gasteiger partial charge in [0.2, 0.25) is 15.9 Å². The molecule has 1 N–H and O–H groups in total. The van der Waals surface area contributed by atoms with E-state index in [0.29, 0.717) is 0 Å². The van der Waals surface area contributed by atoms with Crippen molar-refractivity contribution in [1.82, 2.24) is 4.98 Å². The van der Waals surface area contributed by atoms with Crippen LogP contribution in [0.15, 0.2) is 18.3 Å². The highest BCUT2D eigenvalue weighted by atomic mass is 79.9. The van der Waals surface area contributed by atoms with Crippen LogP contribution in [-0.4, -0.2) is 30.8 Å². The van der Waals surface area contributed by atoms with Gasteiger partial charge in [-0.2, -0.15) is 13.2 Å². The number of ether oxygens (including phenoxy) is 1. The van der Waals surface area contributed by atoms with Gasteiger partial charge < -0.3 is 4.74 Å². The minimum absolute atomic E-state index is 0.133. The lowest BCUT2D eigenvalue weighted by Gasteiger charge is -2.09. The lowest BCUT2D eigenvalue weighted by molar-refractivity contribution is -0.154. The number of halogens is 4. The van der Waals surface area contributed by atoms with Crippen LogP contribution in [0.3, 0.4) is 0 Å². The Balaban J connectivity index is 2.63. The zero-order chi connectivity index (χ0) is 13.8. The third kappa shape index (κ3) is 5.54. The van der Waals surface area contributed by atoms with E-state index in [9.17, 15) is 21.6 Å². The Morgan fingerprint density at radius 1 is 1.39 bits per heavy atom. The number of anilines is 1. The highest BCUT2D eigenvalue weighted by molar-refractivity contribution is 9.10. The van der Waals surface area contributed by atoms with E-state index in [1.165, 1.54) is 6.07 Å². The van der Waals surface area contributed by atoms with Crippen molar-refractivity contribution in [2.75, 3.05) is 16.0 Å². The van der Waals surface area contributed by atoms with Crippen LogP contribution in [-0.2, 0) is 10.0 Å². The normalized spacial score (nSPS) is 12.2. The Bertz CT molecular complexity index is 489. The van der Waals surface area contributed by atoms with Crippen LogP contribution in [0.4, 0.5) is 18.9 Å². The maximum atomic E-state index is 11.8. The van der Waals surface area contributed by atoms with E-state index in [4.69, 9.17) is 0 Å². The highest BCUT2D eigenvalue weighted by Crippen LogP contribution is 2.18. The summed E-state index contributed by atoms with van der Waals surface area (Å²) in [4.78, 5) is 3.54. The Morgan fingerprint density at radius 2 is 2.06 bits per heavy atom. The molecule has 102 valence electrons. The van der Waals surface area contributed by atoms with E-state index in [1.807, 2.05) is 0 Å². The van der Waals surface area contributed by atoms with Gasteiger partial charge in [-0.3, -0.25) is 4.72 Å². The van der Waals surface area contributed by atoms with Crippen LogP contribution >= 0.6 is 15.9 Å². The molecular weight excluding hydrogens is 341 g/mol. The Labute approximate surface area is 110 Å². The van der Waals surface area contributed by atoms with Crippen molar-refractivity contribution in [1.29, 1.82) is 0 Å². The first kappa shape index (κ1) is 15.0. The first-order chi connectivity index (χ1) is 8.22. The summed E-state index contributed by atoms with van der Waals surface area (Å²) in [5.41, 5.74) is 0.133. The molecule has 10 heteroatoms. The molecule has 0 aliphatic carbocycles. The monoisotopic (exact) mass is 348 g/mol. The second-order valence-corrected chi connectivity index (χ2v) is 6.14. The summed E-state index contributed by atoms with van der Waals surface area (Å²) in [7, 11) is -3.52. The third-order valence-electron chi connectivity index (χ3n) is 1.54. The van der Waals surface area contributed by atoms with Crippen LogP contribution in [0.1, 0.15) is 0 Å². The molecule has 5 nitrogen and oxygen atoms in total. The molecule has 18 heavy (non-hydrogen) atoms. The van der Waals surface area contributed by atoms with E-state index < -0.39 is 22.8 Å². The number of hydrogen-bond acceptors (Lipinski definition) is 4. The topological polar surface area (TPSA) is 68.3 Å². The average Bonchev–Trinajstić information content (AvgIpc) is 2.27. The summed E-state index contributed by atoms with van der Waals surface area (Å²) in [6, 6.07) is 2.39. The Hall–Kier alpha value is -1.03. The second-order valence-electron chi connectivity index (χ2n) is 3.11. The van der Waals surface area contributed by atoms with E-state index in [2.05, 4.69) is 30.4 Å². The number of sulfonamides is 1. The van der Waals surface area contributed by atoms with Gasteiger partial charge in [0.15, 0.2) is 6.61 Å². The zero-order valence-corrected chi connectivity index (χ0v) is 11.1. The summed E-state index contributed by atoms with van der Waals surface area (Å²) in [5.74, 6) is -0.242. The third-order valence-corrected chi connectivity index (χ3v) is 4.18. The summed E-state index contributed by atoms with van der Waals surface area (Å²) >= 11 is 2.77. The van der Waals surface area contributed by atoms with Crippen LogP contribution < -0.4 is 9.46 Å². The number of rotatable bonds is 5. The standard InChI is InChI=1S/C8H8BrF3N2O3S/c9-5-18(15,16)14-6-1-2-7(13-3-6)17-4-8(10,11)12/h1-3,14H,4-5H2. The quantitative estimate of drug-likeness (QED) is 0.827. The Kier molecular flexibility index (Phi) is 4.79. The van der Waals surface area contributed by atoms with Crippen LogP contribution in [0.2, 0.25) is 0 Å². The van der Waals surface area contributed by atoms with Crippen LogP contribution in [0, 0.1) is 0 Å². The SMILES string of the molecule is O=S(=O)(CBr)Nc1ccc(OCC(F)(F)F)nc1. The number of nitrogens with zero attached hydrogens (tertiary/aromatic N) is 1. The summed E-state index contributed by atoms with van der Waals surface area (Å²) in [5, 5.41) is 0. The number of nitrogens with one attached hydrogen (secondary N) is 1. The van der Waals surface area contributed by atoms with Crippen LogP contribution in [0.5, 0.6) is 5.88 Å². The molecule has 0 aromatic carbocycles. The van der Waals surface area contributed by atoms with Crippen molar-refractivity contribution in [3.63, 3.8) is 0 Å². The Morgan fingerprint density at radius 3 is 2.50 bits per heavy atom. The average molecular weight is 349 g/mol. The number of hydrogen-bond donors (Lipinski definition) is 1. The number of aromatic nitrogens is 1. The fourth-order valence-electron chi connectivity index (χ4n) is 0.889. The van der Waals surface area contributed by atoms with Crippen LogP contribution in [0.25, 0.3) is 0 Å². The summed E-state index contributed by atoms with van der Waals surface area (Å²) in [6.45, 7) is -1.45. The highest BCUT2D eigenvalue weighted by Gasteiger charge is 2.28. The van der Waals surface area contributed by atoms with Crippen molar-refractivity contribution in [2.45, 2.75) is 6.18 Å². The van der Waals surface area contributed by atoms with E-state index in [0.717, 1.165) is 12.3 Å². The van der Waals surface area contributed by atoms with Crippen molar-refractivity contribution in [2.24, 2.45) is 0 Å². The lowest BCUT2D eigenvalue weighted by Crippen LogP contribution is -2.19. The molecule has 0 aliphatic heterocycles. The van der Waals surface area contributed by atoms with Gasteiger partial charge in [0, 0.05) is 6.07 Å². The first-order valence-corrected chi connectivity index (χ1v) is 7.21. The first-order valence-electron chi connectivity index (χ1n) is 4.44. The van der Waals surface area contributed by atoms with Gasteiger partial charge in [-0.05, 0) is 6.07 Å². The molecule has 0 atom stereocenters. The smallest absolute Gasteiger partial charge is 0.422 e. The van der Waals surface area contributed by atoms with Crippen molar-refractivity contribution < 1.29 is 26.3 Å². The van der Waals surface area contributed by atoms with Gasteiger partial charge >= 0.3 is 6.18 Å². The van der Waals surface area contributed by atoms with E-state index in [-0.39, 0.29) is 16.2 Å². The molecule has 0 bridgehead atoms. The molecule has 0 aliphatic rings. The fraction of sp³-hybridized carbons (Fsp3) is 0.375. The minimum atomic E-state index is -4.45. The van der Waals surface area contributed by atoms with Gasteiger partial charge in [0.25, 0.3) is 0 Å². The van der Waals surface area contributed by atoms with E-state index in [1.54, 1.807) is 0 Å². The van der Waals surface area contributed by atoms with Gasteiger partial charge in [0.05, 0.1) is 11.9 Å². The van der Waals surface area contributed by atoms with Crippen molar-refractivity contribution >= 4 is 31.6 Å². The molecule has 0 radical (unpaired) electrons. The predicted molar refractivity (Wildman–Crippen MR) is 62.1 cm³/mol. The van der Waals surface area contributed by atoms with Gasteiger partial charge in [-0.1, -0.05) is 15.9 Å². The summed E-state index contributed by atoms with van der Waals surface area (Å²) < 4.78 is 64.0. The molecule has 1 aromatic heterocycles. The lowest BCUT2D eigenvalue weighted by atomic mass is 10.4. The molecule has 0 amide bonds. The van der Waals surface area contributed by atoms with Crippen molar-refractivity contribution in [3.8, 4) is 5.88 Å². The minimum Gasteiger partial charge on any atom is -0.468 e. The van der Waals surface area contributed by atoms with E-state index >= 15 is 0 Å². The maximum absolute atomic E-state index is 11.8. The largest absolute Gasteiger partial charge is 0.468 e. The summed E-state index contributed by atoms with van der Waals surface area (Å²) in [6.07, 6.45) is -3.39. The van der Waals surface area contributed by atoms with Gasteiger partial charge in [-0.15, -0.1) is 0 Å². The number of alkyl halides is 4. The molecule has 1 aromatic rings. The molecule has 0 spiro atoms. The van der Waals surface area contributed by atoms with Gasteiger partial charge in [-0.25, -0.2) is 13.4 Å². The molecule has 0 saturated heterocycles. The molecule has 0 unspecified atom stereocenters. The zero-order valence-electron chi connectivity index (χ0n) is 8.74.